The number of benzene rings is 3. The molecule has 1 heterocycles. The molecule has 1 saturated heterocycles. The molecule has 0 atom stereocenters. The second kappa shape index (κ2) is 11.2. The SMILES string of the molecule is CN(C)C(=O)C(C)(c1ccccc1)c1ccccc1.CN1CCC(O)(c2ccc(Cl)cc2)CC1. The molecule has 4 rings (SSSR count). The topological polar surface area (TPSA) is 43.8 Å². The van der Waals surface area contributed by atoms with Gasteiger partial charge in [0.2, 0.25) is 5.91 Å². The monoisotopic (exact) mass is 478 g/mol. The van der Waals surface area contributed by atoms with Gasteiger partial charge < -0.3 is 14.9 Å². The lowest BCUT2D eigenvalue weighted by atomic mass is 9.75. The lowest BCUT2D eigenvalue weighted by molar-refractivity contribution is -0.132. The summed E-state index contributed by atoms with van der Waals surface area (Å²) in [7, 11) is 5.68. The molecule has 5 heteroatoms. The van der Waals surface area contributed by atoms with Crippen molar-refractivity contribution in [1.82, 2.24) is 9.80 Å². The molecular weight excluding hydrogens is 444 g/mol. The summed E-state index contributed by atoms with van der Waals surface area (Å²) in [4.78, 5) is 16.6. The Morgan fingerprint density at radius 3 is 1.74 bits per heavy atom. The first-order chi connectivity index (χ1) is 16.2. The quantitative estimate of drug-likeness (QED) is 0.550. The molecule has 34 heavy (non-hydrogen) atoms. The van der Waals surface area contributed by atoms with Crippen molar-refractivity contribution in [3.05, 3.63) is 107 Å². The number of carbonyl (C=O) groups excluding carboxylic acids is 1. The van der Waals surface area contributed by atoms with Gasteiger partial charge in [0.1, 0.15) is 0 Å². The van der Waals surface area contributed by atoms with Crippen LogP contribution in [0.1, 0.15) is 36.5 Å². The van der Waals surface area contributed by atoms with Crippen LogP contribution in [0.4, 0.5) is 0 Å². The maximum Gasteiger partial charge on any atom is 0.236 e. The Morgan fingerprint density at radius 1 is 0.882 bits per heavy atom. The molecule has 1 N–H and O–H groups in total. The predicted octanol–water partition coefficient (Wildman–Crippen LogP) is 5.33. The van der Waals surface area contributed by atoms with Gasteiger partial charge in [-0.25, -0.2) is 0 Å². The first-order valence-corrected chi connectivity index (χ1v) is 12.0. The molecule has 1 aliphatic rings. The Labute approximate surface area is 208 Å². The van der Waals surface area contributed by atoms with Gasteiger partial charge in [-0.15, -0.1) is 0 Å². The Hall–Kier alpha value is -2.66. The van der Waals surface area contributed by atoms with Gasteiger partial charge in [0.05, 0.1) is 11.0 Å². The molecule has 0 aliphatic carbocycles. The highest BCUT2D eigenvalue weighted by Crippen LogP contribution is 2.34. The average molecular weight is 479 g/mol. The molecule has 1 amide bonds. The summed E-state index contributed by atoms with van der Waals surface area (Å²) < 4.78 is 0. The van der Waals surface area contributed by atoms with Crippen molar-refractivity contribution < 1.29 is 9.90 Å². The van der Waals surface area contributed by atoms with E-state index in [-0.39, 0.29) is 5.91 Å². The normalized spacial score (nSPS) is 15.7. The van der Waals surface area contributed by atoms with Gasteiger partial charge in [-0.3, -0.25) is 4.79 Å². The van der Waals surface area contributed by atoms with Gasteiger partial charge >= 0.3 is 0 Å². The Kier molecular flexibility index (Phi) is 8.53. The minimum atomic E-state index is -0.656. The van der Waals surface area contributed by atoms with Crippen molar-refractivity contribution in [2.75, 3.05) is 34.2 Å². The molecular formula is C29H35ClN2O2. The van der Waals surface area contributed by atoms with Crippen LogP contribution in [0, 0.1) is 0 Å². The molecule has 180 valence electrons. The molecule has 0 spiro atoms. The number of nitrogens with zero attached hydrogens (tertiary/aromatic N) is 2. The fourth-order valence-electron chi connectivity index (χ4n) is 4.44. The fraction of sp³-hybridized carbons (Fsp3) is 0.345. The molecule has 0 saturated carbocycles. The van der Waals surface area contributed by atoms with E-state index in [4.69, 9.17) is 11.6 Å². The van der Waals surface area contributed by atoms with Crippen LogP contribution in [0.25, 0.3) is 0 Å². The molecule has 0 radical (unpaired) electrons. The molecule has 0 bridgehead atoms. The summed E-state index contributed by atoms with van der Waals surface area (Å²) in [5.74, 6) is 0.0879. The van der Waals surface area contributed by atoms with Crippen LogP contribution in [-0.4, -0.2) is 55.0 Å². The molecule has 1 aliphatic heterocycles. The standard InChI is InChI=1S/C17H19NO.C12H16ClNO/c1-17(16(19)18(2)3,14-10-6-4-7-11-14)15-12-8-5-9-13-15;1-14-8-6-12(15,7-9-14)10-2-4-11(13)5-3-10/h4-13H,1-3H3;2-5,15H,6-9H2,1H3. The molecule has 3 aromatic carbocycles. The second-order valence-corrected chi connectivity index (χ2v) is 9.83. The predicted molar refractivity (Wildman–Crippen MR) is 140 cm³/mol. The lowest BCUT2D eigenvalue weighted by Gasteiger charge is -2.36. The van der Waals surface area contributed by atoms with E-state index in [1.54, 1.807) is 19.0 Å². The third kappa shape index (κ3) is 5.87. The molecule has 3 aromatic rings. The number of rotatable bonds is 4. The summed E-state index contributed by atoms with van der Waals surface area (Å²) in [6.45, 7) is 3.87. The number of amides is 1. The second-order valence-electron chi connectivity index (χ2n) is 9.40. The highest BCUT2D eigenvalue weighted by molar-refractivity contribution is 6.30. The van der Waals surface area contributed by atoms with Gasteiger partial charge in [0.25, 0.3) is 0 Å². The van der Waals surface area contributed by atoms with E-state index in [2.05, 4.69) is 11.9 Å². The van der Waals surface area contributed by atoms with Crippen LogP contribution in [0.3, 0.4) is 0 Å². The van der Waals surface area contributed by atoms with Crippen LogP contribution in [-0.2, 0) is 15.8 Å². The molecule has 0 unspecified atom stereocenters. The van der Waals surface area contributed by atoms with Crippen molar-refractivity contribution >= 4 is 17.5 Å². The third-order valence-electron chi connectivity index (χ3n) is 6.73. The minimum absolute atomic E-state index is 0.0879. The zero-order valence-corrected chi connectivity index (χ0v) is 21.3. The highest BCUT2D eigenvalue weighted by Gasteiger charge is 2.38. The summed E-state index contributed by atoms with van der Waals surface area (Å²) in [6, 6.07) is 27.4. The van der Waals surface area contributed by atoms with Gasteiger partial charge in [-0.05, 0) is 55.6 Å². The summed E-state index contributed by atoms with van der Waals surface area (Å²) in [6.07, 6.45) is 1.59. The number of hydrogen-bond donors (Lipinski definition) is 1. The van der Waals surface area contributed by atoms with E-state index >= 15 is 0 Å². The van der Waals surface area contributed by atoms with Crippen LogP contribution in [0.15, 0.2) is 84.9 Å². The van der Waals surface area contributed by atoms with Gasteiger partial charge in [-0.2, -0.15) is 0 Å². The smallest absolute Gasteiger partial charge is 0.236 e. The largest absolute Gasteiger partial charge is 0.385 e. The van der Waals surface area contributed by atoms with E-state index in [0.717, 1.165) is 47.6 Å². The third-order valence-corrected chi connectivity index (χ3v) is 6.98. The van der Waals surface area contributed by atoms with Crippen LogP contribution >= 0.6 is 11.6 Å². The number of halogens is 1. The zero-order chi connectivity index (χ0) is 24.8. The number of piperidine rings is 1. The van der Waals surface area contributed by atoms with Crippen LogP contribution in [0.5, 0.6) is 0 Å². The zero-order valence-electron chi connectivity index (χ0n) is 20.5. The average Bonchev–Trinajstić information content (AvgIpc) is 2.87. The van der Waals surface area contributed by atoms with E-state index in [9.17, 15) is 9.90 Å². The number of carbonyl (C=O) groups is 1. The Morgan fingerprint density at radius 2 is 1.32 bits per heavy atom. The number of likely N-dealkylation sites (tertiary alicyclic amines) is 1. The van der Waals surface area contributed by atoms with E-state index < -0.39 is 11.0 Å². The van der Waals surface area contributed by atoms with Crippen LogP contribution < -0.4 is 0 Å². The van der Waals surface area contributed by atoms with Gasteiger partial charge in [-0.1, -0.05) is 84.4 Å². The number of likely N-dealkylation sites (N-methyl/N-ethyl adjacent to an activating group) is 1. The fourth-order valence-corrected chi connectivity index (χ4v) is 4.57. The first-order valence-electron chi connectivity index (χ1n) is 11.7. The molecule has 4 nitrogen and oxygen atoms in total. The van der Waals surface area contributed by atoms with E-state index in [0.29, 0.717) is 0 Å². The highest BCUT2D eigenvalue weighted by atomic mass is 35.5. The first kappa shape index (κ1) is 26.0. The summed E-state index contributed by atoms with van der Waals surface area (Å²) in [5.41, 5.74) is 1.71. The van der Waals surface area contributed by atoms with Crippen molar-refractivity contribution in [2.45, 2.75) is 30.8 Å². The maximum absolute atomic E-state index is 12.7. The minimum Gasteiger partial charge on any atom is -0.385 e. The van der Waals surface area contributed by atoms with Crippen molar-refractivity contribution in [3.8, 4) is 0 Å². The number of hydrogen-bond acceptors (Lipinski definition) is 3. The van der Waals surface area contributed by atoms with E-state index in [1.807, 2.05) is 91.9 Å². The lowest BCUT2D eigenvalue weighted by Crippen LogP contribution is -2.42. The molecule has 0 aromatic heterocycles. The van der Waals surface area contributed by atoms with Gasteiger partial charge in [0.15, 0.2) is 0 Å². The van der Waals surface area contributed by atoms with Crippen molar-refractivity contribution in [1.29, 1.82) is 0 Å². The van der Waals surface area contributed by atoms with Gasteiger partial charge in [0, 0.05) is 32.2 Å². The van der Waals surface area contributed by atoms with Crippen LogP contribution in [0.2, 0.25) is 5.02 Å². The van der Waals surface area contributed by atoms with Crippen molar-refractivity contribution in [3.63, 3.8) is 0 Å². The van der Waals surface area contributed by atoms with E-state index in [1.165, 1.54) is 0 Å². The van der Waals surface area contributed by atoms with Crippen molar-refractivity contribution in [2.24, 2.45) is 0 Å². The Balaban J connectivity index is 0.000000196. The molecule has 1 fully saturated rings. The number of aliphatic hydroxyl groups is 1. The summed E-state index contributed by atoms with van der Waals surface area (Å²) in [5, 5.41) is 11.2. The Bertz CT molecular complexity index is 1010. The maximum atomic E-state index is 12.7. The summed E-state index contributed by atoms with van der Waals surface area (Å²) >= 11 is 5.83.